The highest BCUT2D eigenvalue weighted by molar-refractivity contribution is 5.83. The minimum absolute atomic E-state index is 0.0842. The van der Waals surface area contributed by atoms with Crippen LogP contribution in [0.25, 0.3) is 11.3 Å². The molecule has 0 aliphatic rings. The molecule has 0 aliphatic heterocycles. The highest BCUT2D eigenvalue weighted by atomic mass is 19.1. The Labute approximate surface area is 120 Å². The summed E-state index contributed by atoms with van der Waals surface area (Å²) in [6.07, 6.45) is 1.51. The number of hydrogen-bond donors (Lipinski definition) is 1. The van der Waals surface area contributed by atoms with Gasteiger partial charge >= 0.3 is 0 Å². The molecule has 2 rings (SSSR count). The van der Waals surface area contributed by atoms with Gasteiger partial charge in [0.1, 0.15) is 11.5 Å². The van der Waals surface area contributed by atoms with E-state index in [-0.39, 0.29) is 16.9 Å². The van der Waals surface area contributed by atoms with Gasteiger partial charge in [-0.3, -0.25) is 15.1 Å². The fraction of sp³-hybridized carbons (Fsp3) is 0.214. The number of hydrogen-bond acceptors (Lipinski definition) is 5. The molecule has 2 aromatic rings. The van der Waals surface area contributed by atoms with Gasteiger partial charge in [-0.2, -0.15) is 0 Å². The van der Waals surface area contributed by atoms with E-state index >= 15 is 0 Å². The maximum atomic E-state index is 14.2. The number of nitro groups is 1. The summed E-state index contributed by atoms with van der Waals surface area (Å²) in [5, 5.41) is 14.0. The van der Waals surface area contributed by atoms with Crippen LogP contribution in [0.2, 0.25) is 0 Å². The minimum Gasteiger partial charge on any atom is -0.383 e. The van der Waals surface area contributed by atoms with Crippen LogP contribution in [-0.2, 0) is 4.74 Å². The monoisotopic (exact) mass is 291 g/mol. The van der Waals surface area contributed by atoms with Crippen LogP contribution >= 0.6 is 0 Å². The van der Waals surface area contributed by atoms with Crippen LogP contribution < -0.4 is 5.32 Å². The number of halogens is 1. The van der Waals surface area contributed by atoms with Crippen molar-refractivity contribution < 1.29 is 14.1 Å². The second-order valence-corrected chi connectivity index (χ2v) is 4.21. The number of anilines is 1. The van der Waals surface area contributed by atoms with Gasteiger partial charge in [0.15, 0.2) is 0 Å². The van der Waals surface area contributed by atoms with E-state index in [1.807, 2.05) is 0 Å². The Morgan fingerprint density at radius 2 is 2.19 bits per heavy atom. The number of ether oxygens (including phenoxy) is 1. The van der Waals surface area contributed by atoms with Crippen LogP contribution in [0.4, 0.5) is 15.8 Å². The third-order valence-electron chi connectivity index (χ3n) is 2.86. The molecule has 1 aromatic heterocycles. The fourth-order valence-corrected chi connectivity index (χ4v) is 1.94. The Bertz CT molecular complexity index is 635. The second kappa shape index (κ2) is 6.76. The molecule has 0 unspecified atom stereocenters. The lowest BCUT2D eigenvalue weighted by atomic mass is 10.1. The number of nitro benzene ring substituents is 1. The van der Waals surface area contributed by atoms with Crippen molar-refractivity contribution in [3.05, 3.63) is 52.5 Å². The summed E-state index contributed by atoms with van der Waals surface area (Å²) >= 11 is 0. The smallest absolute Gasteiger partial charge is 0.293 e. The van der Waals surface area contributed by atoms with Gasteiger partial charge in [0.2, 0.25) is 0 Å². The summed E-state index contributed by atoms with van der Waals surface area (Å²) in [7, 11) is 1.52. The predicted octanol–water partition coefficient (Wildman–Crippen LogP) is 2.85. The maximum absolute atomic E-state index is 14.2. The van der Waals surface area contributed by atoms with E-state index in [2.05, 4.69) is 10.3 Å². The standard InChI is InChI=1S/C14H14FN3O3/c1-21-9-8-17-14-12(18(19)20)6-5-10(15)13(14)11-4-2-3-7-16-11/h2-7,17H,8-9H2,1H3. The Hall–Kier alpha value is -2.54. The van der Waals surface area contributed by atoms with Crippen molar-refractivity contribution in [2.45, 2.75) is 0 Å². The van der Waals surface area contributed by atoms with Gasteiger partial charge in [0.05, 0.1) is 22.8 Å². The van der Waals surface area contributed by atoms with Gasteiger partial charge in [-0.15, -0.1) is 0 Å². The molecule has 0 saturated heterocycles. The van der Waals surface area contributed by atoms with Crippen LogP contribution in [0.3, 0.4) is 0 Å². The molecule has 6 nitrogen and oxygen atoms in total. The number of nitrogens with one attached hydrogen (secondary N) is 1. The summed E-state index contributed by atoms with van der Waals surface area (Å²) in [6.45, 7) is 0.663. The van der Waals surface area contributed by atoms with Crippen molar-refractivity contribution in [3.63, 3.8) is 0 Å². The number of nitrogens with zero attached hydrogens (tertiary/aromatic N) is 2. The summed E-state index contributed by atoms with van der Waals surface area (Å²) in [6, 6.07) is 7.19. The summed E-state index contributed by atoms with van der Waals surface area (Å²) in [5.74, 6) is -0.570. The third kappa shape index (κ3) is 3.32. The topological polar surface area (TPSA) is 77.3 Å². The maximum Gasteiger partial charge on any atom is 0.293 e. The molecule has 0 spiro atoms. The normalized spacial score (nSPS) is 10.4. The molecule has 0 saturated carbocycles. The Balaban J connectivity index is 2.55. The van der Waals surface area contributed by atoms with Gasteiger partial charge in [0.25, 0.3) is 5.69 Å². The van der Waals surface area contributed by atoms with Crippen molar-refractivity contribution in [1.82, 2.24) is 4.98 Å². The quantitative estimate of drug-likeness (QED) is 0.503. The summed E-state index contributed by atoms with van der Waals surface area (Å²) < 4.78 is 19.1. The molecule has 7 heteroatoms. The molecular formula is C14H14FN3O3. The van der Waals surface area contributed by atoms with Crippen molar-refractivity contribution in [2.75, 3.05) is 25.6 Å². The lowest BCUT2D eigenvalue weighted by Crippen LogP contribution is -2.11. The van der Waals surface area contributed by atoms with Crippen molar-refractivity contribution in [2.24, 2.45) is 0 Å². The SMILES string of the molecule is COCCNc1c([N+](=O)[O-])ccc(F)c1-c1ccccn1. The van der Waals surface area contributed by atoms with E-state index in [1.54, 1.807) is 18.2 Å². The van der Waals surface area contributed by atoms with Crippen molar-refractivity contribution in [1.29, 1.82) is 0 Å². The Morgan fingerprint density at radius 3 is 2.81 bits per heavy atom. The van der Waals surface area contributed by atoms with Crippen LogP contribution in [0.5, 0.6) is 0 Å². The largest absolute Gasteiger partial charge is 0.383 e. The van der Waals surface area contributed by atoms with Crippen LogP contribution in [0.15, 0.2) is 36.5 Å². The van der Waals surface area contributed by atoms with Crippen molar-refractivity contribution >= 4 is 11.4 Å². The predicted molar refractivity (Wildman–Crippen MR) is 76.7 cm³/mol. The fourth-order valence-electron chi connectivity index (χ4n) is 1.94. The summed E-state index contributed by atoms with van der Waals surface area (Å²) in [4.78, 5) is 14.7. The first kappa shape index (κ1) is 14.9. The molecule has 21 heavy (non-hydrogen) atoms. The van der Waals surface area contributed by atoms with Gasteiger partial charge < -0.3 is 10.1 Å². The molecular weight excluding hydrogens is 277 g/mol. The molecule has 1 heterocycles. The zero-order valence-corrected chi connectivity index (χ0v) is 11.4. The van der Waals surface area contributed by atoms with E-state index in [0.29, 0.717) is 18.8 Å². The molecule has 0 radical (unpaired) electrons. The molecule has 0 atom stereocenters. The van der Waals surface area contributed by atoms with Gasteiger partial charge in [-0.25, -0.2) is 4.39 Å². The van der Waals surface area contributed by atoms with Gasteiger partial charge in [-0.05, 0) is 18.2 Å². The average Bonchev–Trinajstić information content (AvgIpc) is 2.48. The minimum atomic E-state index is -0.570. The Kier molecular flexibility index (Phi) is 4.78. The van der Waals surface area contributed by atoms with E-state index in [9.17, 15) is 14.5 Å². The summed E-state index contributed by atoms with van der Waals surface area (Å²) in [5.41, 5.74) is 0.323. The first-order chi connectivity index (χ1) is 10.1. The first-order valence-corrected chi connectivity index (χ1v) is 6.26. The van der Waals surface area contributed by atoms with Gasteiger partial charge in [0, 0.05) is 25.9 Å². The van der Waals surface area contributed by atoms with E-state index < -0.39 is 10.7 Å². The number of pyridine rings is 1. The van der Waals surface area contributed by atoms with E-state index in [0.717, 1.165) is 12.1 Å². The Morgan fingerprint density at radius 1 is 1.38 bits per heavy atom. The highest BCUT2D eigenvalue weighted by Gasteiger charge is 2.22. The van der Waals surface area contributed by atoms with Crippen LogP contribution in [0.1, 0.15) is 0 Å². The zero-order valence-electron chi connectivity index (χ0n) is 11.4. The van der Waals surface area contributed by atoms with Crippen LogP contribution in [-0.4, -0.2) is 30.2 Å². The highest BCUT2D eigenvalue weighted by Crippen LogP contribution is 2.36. The number of methoxy groups -OCH3 is 1. The molecule has 0 amide bonds. The molecule has 0 aliphatic carbocycles. The van der Waals surface area contributed by atoms with E-state index in [4.69, 9.17) is 4.74 Å². The lowest BCUT2D eigenvalue weighted by molar-refractivity contribution is -0.383. The molecule has 0 bridgehead atoms. The third-order valence-corrected chi connectivity index (χ3v) is 2.86. The molecule has 1 aromatic carbocycles. The zero-order chi connectivity index (χ0) is 15.2. The second-order valence-electron chi connectivity index (χ2n) is 4.21. The number of benzene rings is 1. The van der Waals surface area contributed by atoms with Gasteiger partial charge in [-0.1, -0.05) is 6.07 Å². The lowest BCUT2D eigenvalue weighted by Gasteiger charge is -2.12. The molecule has 0 fully saturated rings. The first-order valence-electron chi connectivity index (χ1n) is 6.26. The van der Waals surface area contributed by atoms with E-state index in [1.165, 1.54) is 13.3 Å². The molecule has 1 N–H and O–H groups in total. The number of aromatic nitrogens is 1. The number of rotatable bonds is 6. The average molecular weight is 291 g/mol. The van der Waals surface area contributed by atoms with Crippen molar-refractivity contribution in [3.8, 4) is 11.3 Å². The van der Waals surface area contributed by atoms with Crippen LogP contribution in [0, 0.1) is 15.9 Å². The molecule has 110 valence electrons.